The SMILES string of the molecule is CC(N)c1nc(C(=O)Cc2cccc3ccccc23)cs1. The first-order valence-electron chi connectivity index (χ1n) is 6.86. The van der Waals surface area contributed by atoms with E-state index in [0.717, 1.165) is 21.3 Å². The Morgan fingerprint density at radius 2 is 2.00 bits per heavy atom. The van der Waals surface area contributed by atoms with E-state index in [1.807, 2.05) is 37.3 Å². The number of carbonyl (C=O) groups excluding carboxylic acids is 1. The second-order valence-corrected chi connectivity index (χ2v) is 5.99. The van der Waals surface area contributed by atoms with Crippen molar-refractivity contribution in [2.24, 2.45) is 5.73 Å². The maximum atomic E-state index is 12.4. The molecule has 0 bridgehead atoms. The van der Waals surface area contributed by atoms with Crippen LogP contribution in [0.2, 0.25) is 0 Å². The van der Waals surface area contributed by atoms with Gasteiger partial charge in [-0.05, 0) is 23.3 Å². The average Bonchev–Trinajstić information content (AvgIpc) is 2.98. The predicted octanol–water partition coefficient (Wildman–Crippen LogP) is 3.74. The van der Waals surface area contributed by atoms with Gasteiger partial charge in [-0.3, -0.25) is 4.79 Å². The van der Waals surface area contributed by atoms with Crippen LogP contribution >= 0.6 is 11.3 Å². The molecule has 0 aliphatic heterocycles. The van der Waals surface area contributed by atoms with E-state index >= 15 is 0 Å². The number of fused-ring (bicyclic) bond motifs is 1. The van der Waals surface area contributed by atoms with Crippen LogP contribution in [0.3, 0.4) is 0 Å². The zero-order valence-corrected chi connectivity index (χ0v) is 12.6. The zero-order valence-electron chi connectivity index (χ0n) is 11.7. The normalized spacial score (nSPS) is 12.5. The number of ketones is 1. The fourth-order valence-corrected chi connectivity index (χ4v) is 3.12. The molecule has 4 heteroatoms. The van der Waals surface area contributed by atoms with Crippen molar-refractivity contribution in [2.45, 2.75) is 19.4 Å². The molecule has 2 N–H and O–H groups in total. The summed E-state index contributed by atoms with van der Waals surface area (Å²) in [6.45, 7) is 1.87. The molecule has 0 saturated heterocycles. The summed E-state index contributed by atoms with van der Waals surface area (Å²) in [7, 11) is 0. The number of aromatic nitrogens is 1. The van der Waals surface area contributed by atoms with Crippen molar-refractivity contribution in [2.75, 3.05) is 0 Å². The first-order chi connectivity index (χ1) is 10.1. The molecule has 0 aliphatic rings. The lowest BCUT2D eigenvalue weighted by Crippen LogP contribution is -2.07. The molecule has 3 rings (SSSR count). The standard InChI is InChI=1S/C17H16N2OS/c1-11(18)17-19-15(10-21-17)16(20)9-13-7-4-6-12-5-2-3-8-14(12)13/h2-8,10-11H,9,18H2,1H3. The summed E-state index contributed by atoms with van der Waals surface area (Å²) in [5, 5.41) is 4.87. The highest BCUT2D eigenvalue weighted by molar-refractivity contribution is 7.09. The molecule has 0 aliphatic carbocycles. The molecule has 0 radical (unpaired) electrons. The van der Waals surface area contributed by atoms with Gasteiger partial charge in [0.1, 0.15) is 10.7 Å². The summed E-state index contributed by atoms with van der Waals surface area (Å²) in [4.78, 5) is 16.7. The van der Waals surface area contributed by atoms with Crippen molar-refractivity contribution >= 4 is 27.9 Å². The third-order valence-corrected chi connectivity index (χ3v) is 4.47. The second-order valence-electron chi connectivity index (χ2n) is 5.10. The van der Waals surface area contributed by atoms with Crippen molar-refractivity contribution in [1.82, 2.24) is 4.98 Å². The van der Waals surface area contributed by atoms with Crippen molar-refractivity contribution in [3.05, 3.63) is 64.1 Å². The van der Waals surface area contributed by atoms with Gasteiger partial charge in [0.2, 0.25) is 0 Å². The summed E-state index contributed by atoms with van der Waals surface area (Å²) >= 11 is 1.44. The molecule has 3 nitrogen and oxygen atoms in total. The fraction of sp³-hybridized carbons (Fsp3) is 0.176. The highest BCUT2D eigenvalue weighted by Crippen LogP contribution is 2.21. The molecular weight excluding hydrogens is 280 g/mol. The number of nitrogens with two attached hydrogens (primary N) is 1. The Balaban J connectivity index is 1.89. The van der Waals surface area contributed by atoms with Crippen LogP contribution in [0.25, 0.3) is 10.8 Å². The highest BCUT2D eigenvalue weighted by atomic mass is 32.1. The molecule has 1 atom stereocenters. The number of hydrogen-bond donors (Lipinski definition) is 1. The molecule has 106 valence electrons. The van der Waals surface area contributed by atoms with Gasteiger partial charge in [-0.1, -0.05) is 42.5 Å². The Bertz CT molecular complexity index is 787. The number of hydrogen-bond acceptors (Lipinski definition) is 4. The molecule has 1 aromatic heterocycles. The molecule has 0 spiro atoms. The fourth-order valence-electron chi connectivity index (χ4n) is 2.34. The molecular formula is C17H16N2OS. The quantitative estimate of drug-likeness (QED) is 0.746. The Kier molecular flexibility index (Phi) is 3.82. The van der Waals surface area contributed by atoms with Crippen LogP contribution in [0.5, 0.6) is 0 Å². The van der Waals surface area contributed by atoms with Gasteiger partial charge < -0.3 is 5.73 Å². The van der Waals surface area contributed by atoms with Crippen LogP contribution in [-0.2, 0) is 6.42 Å². The van der Waals surface area contributed by atoms with E-state index in [1.165, 1.54) is 11.3 Å². The second kappa shape index (κ2) is 5.76. The first-order valence-corrected chi connectivity index (χ1v) is 7.74. The Labute approximate surface area is 127 Å². The van der Waals surface area contributed by atoms with E-state index in [9.17, 15) is 4.79 Å². The van der Waals surface area contributed by atoms with Gasteiger partial charge in [0.25, 0.3) is 0 Å². The van der Waals surface area contributed by atoms with Gasteiger partial charge in [0.15, 0.2) is 5.78 Å². The van der Waals surface area contributed by atoms with Crippen LogP contribution in [0.15, 0.2) is 47.8 Å². The van der Waals surface area contributed by atoms with Crippen LogP contribution in [0.1, 0.15) is 34.0 Å². The third kappa shape index (κ3) is 2.86. The third-order valence-electron chi connectivity index (χ3n) is 3.43. The van der Waals surface area contributed by atoms with Crippen molar-refractivity contribution in [3.8, 4) is 0 Å². The Morgan fingerprint density at radius 1 is 1.24 bits per heavy atom. The summed E-state index contributed by atoms with van der Waals surface area (Å²) in [6.07, 6.45) is 0.365. The average molecular weight is 296 g/mol. The molecule has 0 saturated carbocycles. The van der Waals surface area contributed by atoms with Crippen molar-refractivity contribution in [1.29, 1.82) is 0 Å². The van der Waals surface area contributed by atoms with Crippen LogP contribution in [0, 0.1) is 0 Å². The van der Waals surface area contributed by atoms with E-state index in [2.05, 4.69) is 17.1 Å². The van der Waals surface area contributed by atoms with E-state index < -0.39 is 0 Å². The molecule has 0 fully saturated rings. The van der Waals surface area contributed by atoms with Crippen molar-refractivity contribution in [3.63, 3.8) is 0 Å². The molecule has 1 unspecified atom stereocenters. The van der Waals surface area contributed by atoms with E-state index in [1.54, 1.807) is 5.38 Å². The first kappa shape index (κ1) is 13.9. The monoisotopic (exact) mass is 296 g/mol. The molecule has 0 amide bonds. The minimum Gasteiger partial charge on any atom is -0.322 e. The van der Waals surface area contributed by atoms with Gasteiger partial charge in [-0.2, -0.15) is 0 Å². The van der Waals surface area contributed by atoms with Gasteiger partial charge in [0.05, 0.1) is 6.04 Å². The van der Waals surface area contributed by atoms with E-state index in [0.29, 0.717) is 12.1 Å². The lowest BCUT2D eigenvalue weighted by atomic mass is 10.00. The number of carbonyl (C=O) groups is 1. The summed E-state index contributed by atoms with van der Waals surface area (Å²) in [6, 6.07) is 14.0. The number of thiazole rings is 1. The summed E-state index contributed by atoms with van der Waals surface area (Å²) < 4.78 is 0. The minimum atomic E-state index is -0.130. The highest BCUT2D eigenvalue weighted by Gasteiger charge is 2.14. The van der Waals surface area contributed by atoms with Gasteiger partial charge in [-0.25, -0.2) is 4.98 Å². The lowest BCUT2D eigenvalue weighted by molar-refractivity contribution is 0.0989. The smallest absolute Gasteiger partial charge is 0.186 e. The minimum absolute atomic E-state index is 0.0366. The number of rotatable bonds is 4. The number of nitrogens with zero attached hydrogens (tertiary/aromatic N) is 1. The topological polar surface area (TPSA) is 56.0 Å². The summed E-state index contributed by atoms with van der Waals surface area (Å²) in [5.74, 6) is 0.0366. The molecule has 1 heterocycles. The summed E-state index contributed by atoms with van der Waals surface area (Å²) in [5.41, 5.74) is 7.34. The number of benzene rings is 2. The van der Waals surface area contributed by atoms with Gasteiger partial charge >= 0.3 is 0 Å². The van der Waals surface area contributed by atoms with Crippen molar-refractivity contribution < 1.29 is 4.79 Å². The van der Waals surface area contributed by atoms with Crippen LogP contribution < -0.4 is 5.73 Å². The van der Waals surface area contributed by atoms with E-state index in [4.69, 9.17) is 5.73 Å². The van der Waals surface area contributed by atoms with E-state index in [-0.39, 0.29) is 11.8 Å². The lowest BCUT2D eigenvalue weighted by Gasteiger charge is -2.05. The predicted molar refractivity (Wildman–Crippen MR) is 86.7 cm³/mol. The number of Topliss-reactive ketones (excluding diaryl/α,β-unsaturated/α-hetero) is 1. The molecule has 2 aromatic carbocycles. The van der Waals surface area contributed by atoms with Gasteiger partial charge in [-0.15, -0.1) is 11.3 Å². The molecule has 3 aromatic rings. The maximum Gasteiger partial charge on any atom is 0.186 e. The largest absolute Gasteiger partial charge is 0.322 e. The maximum absolute atomic E-state index is 12.4. The zero-order chi connectivity index (χ0) is 14.8. The van der Waals surface area contributed by atoms with Crippen LogP contribution in [0.4, 0.5) is 0 Å². The Hall–Kier alpha value is -2.04. The Morgan fingerprint density at radius 3 is 2.76 bits per heavy atom. The van der Waals surface area contributed by atoms with Gasteiger partial charge in [0, 0.05) is 11.8 Å². The van der Waals surface area contributed by atoms with Crippen LogP contribution in [-0.4, -0.2) is 10.8 Å². The molecule has 21 heavy (non-hydrogen) atoms.